The van der Waals surface area contributed by atoms with Crippen LogP contribution in [0.4, 0.5) is 0 Å². The maximum Gasteiger partial charge on any atom is 0.240 e. The lowest BCUT2D eigenvalue weighted by atomic mass is 10.2. The van der Waals surface area contributed by atoms with Crippen LogP contribution in [0.3, 0.4) is 0 Å². The minimum atomic E-state index is -0.163. The molecule has 1 heterocycles. The average Bonchev–Trinajstić information content (AvgIpc) is 2.69. The Balaban J connectivity index is 2.22. The molecule has 1 amide bonds. The van der Waals surface area contributed by atoms with Gasteiger partial charge >= 0.3 is 0 Å². The molecule has 0 saturated carbocycles. The van der Waals surface area contributed by atoms with E-state index in [0.29, 0.717) is 0 Å². The summed E-state index contributed by atoms with van der Waals surface area (Å²) in [4.78, 5) is 11.5. The highest BCUT2D eigenvalue weighted by Crippen LogP contribution is 2.20. The maximum atomic E-state index is 11.5. The number of hydrogen-bond donors (Lipinski definition) is 1. The van der Waals surface area contributed by atoms with Crippen LogP contribution in [0.5, 0.6) is 0 Å². The Morgan fingerprint density at radius 3 is 3.06 bits per heavy atom. The number of nitrogens with one attached hydrogen (secondary N) is 1. The summed E-state index contributed by atoms with van der Waals surface area (Å²) >= 11 is 3.40. The van der Waals surface area contributed by atoms with Gasteiger partial charge in [0.25, 0.3) is 0 Å². The number of nitrogens with zero attached hydrogens (tertiary/aromatic N) is 2. The summed E-state index contributed by atoms with van der Waals surface area (Å²) in [7, 11) is 0. The fourth-order valence-electron chi connectivity index (χ4n) is 1.64. The zero-order chi connectivity index (χ0) is 12.3. The molecule has 5 heteroatoms. The van der Waals surface area contributed by atoms with E-state index >= 15 is 0 Å². The number of carbonyl (C=O) groups is 1. The van der Waals surface area contributed by atoms with E-state index in [2.05, 4.69) is 21.2 Å². The van der Waals surface area contributed by atoms with Gasteiger partial charge < -0.3 is 9.88 Å². The van der Waals surface area contributed by atoms with Gasteiger partial charge in [0.05, 0.1) is 6.07 Å². The molecule has 0 aliphatic carbocycles. The molecule has 0 aliphatic heterocycles. The lowest BCUT2D eigenvalue weighted by molar-refractivity contribution is -0.121. The minimum absolute atomic E-state index is 0.0434. The lowest BCUT2D eigenvalue weighted by Gasteiger charge is -2.05. The number of nitriles is 1. The first-order valence-electron chi connectivity index (χ1n) is 5.09. The smallest absolute Gasteiger partial charge is 0.240 e. The van der Waals surface area contributed by atoms with Gasteiger partial charge in [0.15, 0.2) is 0 Å². The van der Waals surface area contributed by atoms with Crippen molar-refractivity contribution >= 4 is 32.7 Å². The van der Waals surface area contributed by atoms with Crippen molar-refractivity contribution in [3.8, 4) is 6.07 Å². The Hall–Kier alpha value is -1.80. The van der Waals surface area contributed by atoms with Gasteiger partial charge in [-0.1, -0.05) is 22.0 Å². The second-order valence-corrected chi connectivity index (χ2v) is 4.50. The molecule has 86 valence electrons. The first kappa shape index (κ1) is 11.7. The summed E-state index contributed by atoms with van der Waals surface area (Å²) < 4.78 is 2.83. The highest BCUT2D eigenvalue weighted by atomic mass is 79.9. The summed E-state index contributed by atoms with van der Waals surface area (Å²) in [6, 6.07) is 9.75. The van der Waals surface area contributed by atoms with Gasteiger partial charge in [-0.3, -0.25) is 4.79 Å². The highest BCUT2D eigenvalue weighted by Gasteiger charge is 2.05. The third kappa shape index (κ3) is 2.66. The zero-order valence-corrected chi connectivity index (χ0v) is 10.6. The number of amides is 1. The third-order valence-electron chi connectivity index (χ3n) is 2.41. The molecule has 0 bridgehead atoms. The monoisotopic (exact) mass is 291 g/mol. The summed E-state index contributed by atoms with van der Waals surface area (Å²) in [6.45, 7) is 0.267. The molecular weight excluding hydrogens is 282 g/mol. The first-order chi connectivity index (χ1) is 8.20. The van der Waals surface area contributed by atoms with Gasteiger partial charge in [-0.2, -0.15) is 5.26 Å². The van der Waals surface area contributed by atoms with Crippen LogP contribution in [-0.2, 0) is 11.3 Å². The number of fused-ring (bicyclic) bond motifs is 1. The van der Waals surface area contributed by atoms with Crippen molar-refractivity contribution < 1.29 is 4.79 Å². The number of rotatable bonds is 3. The molecule has 1 aromatic carbocycles. The molecule has 0 fully saturated rings. The van der Waals surface area contributed by atoms with Crippen LogP contribution < -0.4 is 5.32 Å². The molecule has 0 unspecified atom stereocenters. The molecule has 4 nitrogen and oxygen atoms in total. The molecule has 1 N–H and O–H groups in total. The fraction of sp³-hybridized carbons (Fsp3) is 0.167. The second kappa shape index (κ2) is 5.02. The lowest BCUT2D eigenvalue weighted by Crippen LogP contribution is -2.27. The molecule has 17 heavy (non-hydrogen) atoms. The summed E-state index contributed by atoms with van der Waals surface area (Å²) in [5.41, 5.74) is 0.992. The summed E-state index contributed by atoms with van der Waals surface area (Å²) in [6.07, 6.45) is 1.86. The average molecular weight is 292 g/mol. The summed E-state index contributed by atoms with van der Waals surface area (Å²) in [5.74, 6) is -0.163. The number of carbonyl (C=O) groups excluding carboxylic acids is 1. The number of halogens is 1. The van der Waals surface area contributed by atoms with Crippen molar-refractivity contribution in [1.82, 2.24) is 9.88 Å². The standard InChI is InChI=1S/C12H10BrN3O/c13-10-2-1-9-3-6-16(11(9)7-10)8-12(17)15-5-4-14/h1-3,6-7H,5,8H2,(H,15,17). The van der Waals surface area contributed by atoms with Crippen LogP contribution in [0.15, 0.2) is 34.9 Å². The van der Waals surface area contributed by atoms with Crippen molar-refractivity contribution in [2.24, 2.45) is 0 Å². The first-order valence-corrected chi connectivity index (χ1v) is 5.88. The van der Waals surface area contributed by atoms with Crippen molar-refractivity contribution in [2.45, 2.75) is 6.54 Å². The van der Waals surface area contributed by atoms with Gasteiger partial charge in [0.2, 0.25) is 5.91 Å². The van der Waals surface area contributed by atoms with E-state index in [4.69, 9.17) is 5.26 Å². The van der Waals surface area contributed by atoms with E-state index in [1.165, 1.54) is 0 Å². The van der Waals surface area contributed by atoms with Gasteiger partial charge in [-0.15, -0.1) is 0 Å². The van der Waals surface area contributed by atoms with Crippen molar-refractivity contribution in [2.75, 3.05) is 6.54 Å². The third-order valence-corrected chi connectivity index (χ3v) is 2.91. The molecule has 2 aromatic rings. The molecule has 0 radical (unpaired) electrons. The number of aromatic nitrogens is 1. The van der Waals surface area contributed by atoms with Gasteiger partial charge in [0, 0.05) is 16.2 Å². The van der Waals surface area contributed by atoms with E-state index in [0.717, 1.165) is 15.4 Å². The normalized spacial score (nSPS) is 10.1. The molecule has 0 saturated heterocycles. The van der Waals surface area contributed by atoms with Crippen molar-refractivity contribution in [3.63, 3.8) is 0 Å². The van der Waals surface area contributed by atoms with E-state index < -0.39 is 0 Å². The fourth-order valence-corrected chi connectivity index (χ4v) is 1.99. The molecule has 1 aromatic heterocycles. The van der Waals surface area contributed by atoms with E-state index in [1.807, 2.05) is 41.1 Å². The predicted molar refractivity (Wildman–Crippen MR) is 68.3 cm³/mol. The largest absolute Gasteiger partial charge is 0.341 e. The SMILES string of the molecule is N#CCNC(=O)Cn1ccc2ccc(Br)cc21. The van der Waals surface area contributed by atoms with E-state index in [1.54, 1.807) is 0 Å². The van der Waals surface area contributed by atoms with Gasteiger partial charge in [-0.25, -0.2) is 0 Å². The molecule has 0 aliphatic rings. The van der Waals surface area contributed by atoms with Gasteiger partial charge in [0.1, 0.15) is 13.1 Å². The minimum Gasteiger partial charge on any atom is -0.341 e. The number of hydrogen-bond acceptors (Lipinski definition) is 2. The van der Waals surface area contributed by atoms with Crippen LogP contribution in [0, 0.1) is 11.3 Å². The van der Waals surface area contributed by atoms with Crippen LogP contribution >= 0.6 is 15.9 Å². The Kier molecular flexibility index (Phi) is 3.45. The second-order valence-electron chi connectivity index (χ2n) is 3.58. The maximum absolute atomic E-state index is 11.5. The summed E-state index contributed by atoms with van der Waals surface area (Å²) in [5, 5.41) is 12.0. The van der Waals surface area contributed by atoms with Crippen molar-refractivity contribution in [1.29, 1.82) is 5.26 Å². The Bertz CT molecular complexity index is 597. The Labute approximate surface area is 107 Å². The molecule has 0 spiro atoms. The van der Waals surface area contributed by atoms with E-state index in [9.17, 15) is 4.79 Å². The predicted octanol–water partition coefficient (Wildman–Crippen LogP) is 2.04. The van der Waals surface area contributed by atoms with Crippen LogP contribution in [0.1, 0.15) is 0 Å². The van der Waals surface area contributed by atoms with Crippen LogP contribution in [0.2, 0.25) is 0 Å². The molecular formula is C12H10BrN3O. The van der Waals surface area contributed by atoms with Crippen molar-refractivity contribution in [3.05, 3.63) is 34.9 Å². The number of benzene rings is 1. The van der Waals surface area contributed by atoms with E-state index in [-0.39, 0.29) is 19.0 Å². The topological polar surface area (TPSA) is 57.8 Å². The molecule has 0 atom stereocenters. The van der Waals surface area contributed by atoms with Crippen LogP contribution in [0.25, 0.3) is 10.9 Å². The molecule has 2 rings (SSSR count). The zero-order valence-electron chi connectivity index (χ0n) is 8.98. The van der Waals surface area contributed by atoms with Gasteiger partial charge in [-0.05, 0) is 23.6 Å². The Morgan fingerprint density at radius 1 is 1.47 bits per heavy atom. The quantitative estimate of drug-likeness (QED) is 0.880. The Morgan fingerprint density at radius 2 is 2.29 bits per heavy atom. The highest BCUT2D eigenvalue weighted by molar-refractivity contribution is 9.10. The van der Waals surface area contributed by atoms with Crippen LogP contribution in [-0.4, -0.2) is 17.0 Å².